The first-order chi connectivity index (χ1) is 22.6. The maximum absolute atomic E-state index is 14.6. The predicted octanol–water partition coefficient (Wildman–Crippen LogP) is 7.42. The molecule has 0 aromatic heterocycles. The second-order valence-electron chi connectivity index (χ2n) is 11.6. The van der Waals surface area contributed by atoms with Crippen LogP contribution < -0.4 is 9.62 Å². The van der Waals surface area contributed by atoms with Crippen LogP contribution in [-0.2, 0) is 32.6 Å². The van der Waals surface area contributed by atoms with Crippen molar-refractivity contribution in [2.75, 3.05) is 10.8 Å². The molecule has 1 aliphatic carbocycles. The third-order valence-corrected chi connectivity index (χ3v) is 10.8. The zero-order valence-corrected chi connectivity index (χ0v) is 28.0. The van der Waals surface area contributed by atoms with Crippen LogP contribution in [0.3, 0.4) is 0 Å². The summed E-state index contributed by atoms with van der Waals surface area (Å²) < 4.78 is 42.8. The van der Waals surface area contributed by atoms with Crippen molar-refractivity contribution in [3.63, 3.8) is 0 Å². The van der Waals surface area contributed by atoms with Gasteiger partial charge in [0.1, 0.15) is 18.4 Å². The van der Waals surface area contributed by atoms with Crippen molar-refractivity contribution in [1.29, 1.82) is 0 Å². The Bertz CT molecular complexity index is 1750. The third kappa shape index (κ3) is 8.71. The van der Waals surface area contributed by atoms with Gasteiger partial charge < -0.3 is 10.2 Å². The molecule has 47 heavy (non-hydrogen) atoms. The summed E-state index contributed by atoms with van der Waals surface area (Å²) in [6, 6.07) is 25.8. The van der Waals surface area contributed by atoms with Gasteiger partial charge in [-0.2, -0.15) is 0 Å². The molecule has 0 bridgehead atoms. The molecule has 1 saturated carbocycles. The van der Waals surface area contributed by atoms with E-state index in [4.69, 9.17) is 23.2 Å². The lowest BCUT2D eigenvalue weighted by Crippen LogP contribution is -2.55. The molecule has 2 amide bonds. The van der Waals surface area contributed by atoms with Crippen LogP contribution in [0.5, 0.6) is 0 Å². The molecule has 0 radical (unpaired) electrons. The third-order valence-electron chi connectivity index (χ3n) is 8.34. The van der Waals surface area contributed by atoms with Crippen molar-refractivity contribution >= 4 is 50.7 Å². The normalized spacial score (nSPS) is 14.3. The Morgan fingerprint density at radius 1 is 0.809 bits per heavy atom. The zero-order valence-electron chi connectivity index (χ0n) is 25.7. The van der Waals surface area contributed by atoms with Gasteiger partial charge in [-0.05, 0) is 66.9 Å². The highest BCUT2D eigenvalue weighted by Crippen LogP contribution is 2.29. The highest BCUT2D eigenvalue weighted by Gasteiger charge is 2.36. The first-order valence-electron chi connectivity index (χ1n) is 15.5. The highest BCUT2D eigenvalue weighted by atomic mass is 35.5. The number of hydrogen-bond donors (Lipinski definition) is 1. The Morgan fingerprint density at radius 2 is 1.40 bits per heavy atom. The van der Waals surface area contributed by atoms with E-state index in [1.165, 1.54) is 4.90 Å². The minimum absolute atomic E-state index is 0.0324. The molecule has 246 valence electrons. The average Bonchev–Trinajstić information content (AvgIpc) is 3.07. The predicted molar refractivity (Wildman–Crippen MR) is 183 cm³/mol. The summed E-state index contributed by atoms with van der Waals surface area (Å²) in [5.74, 6) is -1.58. The number of para-hydroxylation sites is 1. The number of sulfonamides is 1. The van der Waals surface area contributed by atoms with E-state index in [0.29, 0.717) is 15.6 Å². The summed E-state index contributed by atoms with van der Waals surface area (Å²) in [5.41, 5.74) is 1.48. The quantitative estimate of drug-likeness (QED) is 0.167. The standard InChI is InChI=1S/C36H36Cl2FN3O4S/c37-32-17-10-18-33(38)31(32)24-41(34(23-26-11-4-1-5-12-26)36(44)40-28-13-6-2-7-14-28)35(43)25-42(29-15-8-3-9-16-29)47(45,46)30-21-19-27(39)20-22-30/h1,3-5,8-12,15-22,28,34H,2,6-7,13-14,23-25H2,(H,40,44). The van der Waals surface area contributed by atoms with Gasteiger partial charge in [-0.3, -0.25) is 13.9 Å². The van der Waals surface area contributed by atoms with E-state index in [1.54, 1.807) is 48.5 Å². The highest BCUT2D eigenvalue weighted by molar-refractivity contribution is 7.92. The maximum Gasteiger partial charge on any atom is 0.264 e. The van der Waals surface area contributed by atoms with E-state index < -0.39 is 34.3 Å². The van der Waals surface area contributed by atoms with Gasteiger partial charge >= 0.3 is 0 Å². The van der Waals surface area contributed by atoms with Gasteiger partial charge in [0.2, 0.25) is 11.8 Å². The van der Waals surface area contributed by atoms with Gasteiger partial charge in [0.05, 0.1) is 10.6 Å². The number of anilines is 1. The molecule has 11 heteroatoms. The van der Waals surface area contributed by atoms with Crippen LogP contribution in [0, 0.1) is 5.82 Å². The van der Waals surface area contributed by atoms with Crippen LogP contribution in [0.15, 0.2) is 108 Å². The number of amides is 2. The molecule has 1 N–H and O–H groups in total. The minimum atomic E-state index is -4.35. The van der Waals surface area contributed by atoms with Crippen LogP contribution in [0.2, 0.25) is 10.0 Å². The van der Waals surface area contributed by atoms with E-state index in [9.17, 15) is 22.4 Å². The molecule has 4 aromatic carbocycles. The van der Waals surface area contributed by atoms with E-state index in [1.807, 2.05) is 30.3 Å². The SMILES string of the molecule is O=C(NC1CCCCC1)C(Cc1ccccc1)N(Cc1c(Cl)cccc1Cl)C(=O)CN(c1ccccc1)S(=O)(=O)c1ccc(F)cc1. The van der Waals surface area contributed by atoms with Crippen molar-refractivity contribution in [2.24, 2.45) is 0 Å². The molecule has 0 spiro atoms. The summed E-state index contributed by atoms with van der Waals surface area (Å²) in [7, 11) is -4.35. The molecule has 1 aliphatic rings. The molecule has 7 nitrogen and oxygen atoms in total. The lowest BCUT2D eigenvalue weighted by molar-refractivity contribution is -0.140. The largest absolute Gasteiger partial charge is 0.352 e. The summed E-state index contributed by atoms with van der Waals surface area (Å²) in [4.78, 5) is 30.0. The fourth-order valence-electron chi connectivity index (χ4n) is 5.81. The van der Waals surface area contributed by atoms with Crippen LogP contribution in [0.4, 0.5) is 10.1 Å². The second kappa shape index (κ2) is 15.8. The van der Waals surface area contributed by atoms with Crippen molar-refractivity contribution < 1.29 is 22.4 Å². The minimum Gasteiger partial charge on any atom is -0.352 e. The molecule has 1 fully saturated rings. The Morgan fingerprint density at radius 3 is 2.02 bits per heavy atom. The molecule has 0 heterocycles. The lowest BCUT2D eigenvalue weighted by Gasteiger charge is -2.35. The summed E-state index contributed by atoms with van der Waals surface area (Å²) >= 11 is 13.2. The van der Waals surface area contributed by atoms with Gasteiger partial charge in [0.25, 0.3) is 10.0 Å². The number of carbonyl (C=O) groups is 2. The summed E-state index contributed by atoms with van der Waals surface area (Å²) in [5, 5.41) is 3.78. The molecule has 0 aliphatic heterocycles. The second-order valence-corrected chi connectivity index (χ2v) is 14.2. The monoisotopic (exact) mass is 695 g/mol. The Labute approximate surface area is 285 Å². The molecule has 1 atom stereocenters. The molecular weight excluding hydrogens is 660 g/mol. The molecular formula is C36H36Cl2FN3O4S. The van der Waals surface area contributed by atoms with Crippen LogP contribution in [0.1, 0.15) is 43.2 Å². The Hall–Kier alpha value is -3.92. The zero-order chi connectivity index (χ0) is 33.4. The fraction of sp³-hybridized carbons (Fsp3) is 0.278. The number of halogens is 3. The van der Waals surface area contributed by atoms with E-state index in [0.717, 1.165) is 66.2 Å². The van der Waals surface area contributed by atoms with Gasteiger partial charge in [-0.1, -0.05) is 97.1 Å². The first kappa shape index (κ1) is 34.4. The van der Waals surface area contributed by atoms with Gasteiger partial charge in [-0.25, -0.2) is 12.8 Å². The number of rotatable bonds is 12. The van der Waals surface area contributed by atoms with Crippen molar-refractivity contribution in [1.82, 2.24) is 10.2 Å². The lowest BCUT2D eigenvalue weighted by atomic mass is 9.94. The van der Waals surface area contributed by atoms with Gasteiger partial charge in [0.15, 0.2) is 0 Å². The number of nitrogens with zero attached hydrogens (tertiary/aromatic N) is 2. The van der Waals surface area contributed by atoms with Crippen LogP contribution in [0.25, 0.3) is 0 Å². The van der Waals surface area contributed by atoms with Crippen molar-refractivity contribution in [2.45, 2.75) is 62.0 Å². The van der Waals surface area contributed by atoms with Crippen LogP contribution in [-0.4, -0.2) is 43.8 Å². The van der Waals surface area contributed by atoms with Crippen LogP contribution >= 0.6 is 23.2 Å². The number of carbonyl (C=O) groups excluding carboxylic acids is 2. The first-order valence-corrected chi connectivity index (χ1v) is 17.7. The molecule has 0 saturated heterocycles. The van der Waals surface area contributed by atoms with Crippen molar-refractivity contribution in [3.8, 4) is 0 Å². The van der Waals surface area contributed by atoms with E-state index in [2.05, 4.69) is 5.32 Å². The number of hydrogen-bond acceptors (Lipinski definition) is 4. The topological polar surface area (TPSA) is 86.8 Å². The maximum atomic E-state index is 14.6. The Kier molecular flexibility index (Phi) is 11.6. The average molecular weight is 697 g/mol. The van der Waals surface area contributed by atoms with Gasteiger partial charge in [-0.15, -0.1) is 0 Å². The molecule has 1 unspecified atom stereocenters. The van der Waals surface area contributed by atoms with Crippen molar-refractivity contribution in [3.05, 3.63) is 130 Å². The number of nitrogens with one attached hydrogen (secondary N) is 1. The smallest absolute Gasteiger partial charge is 0.264 e. The fourth-order valence-corrected chi connectivity index (χ4v) is 7.74. The molecule has 5 rings (SSSR count). The Balaban J connectivity index is 1.58. The summed E-state index contributed by atoms with van der Waals surface area (Å²) in [6.45, 7) is -0.792. The van der Waals surface area contributed by atoms with E-state index in [-0.39, 0.29) is 35.5 Å². The molecule has 4 aromatic rings. The van der Waals surface area contributed by atoms with E-state index >= 15 is 0 Å². The number of benzene rings is 4. The van der Waals surface area contributed by atoms with Gasteiger partial charge in [0, 0.05) is 34.6 Å². The summed E-state index contributed by atoms with van der Waals surface area (Å²) in [6.07, 6.45) is 4.95.